The zero-order valence-corrected chi connectivity index (χ0v) is 14.7. The number of rotatable bonds is 4. The van der Waals surface area contributed by atoms with E-state index in [4.69, 9.17) is 5.11 Å². The van der Waals surface area contributed by atoms with Crippen LogP contribution in [0.15, 0.2) is 36.4 Å². The summed E-state index contributed by atoms with van der Waals surface area (Å²) in [5.41, 5.74) is 1.35. The zero-order valence-electron chi connectivity index (χ0n) is 14.7. The molecule has 1 saturated heterocycles. The number of benzene rings is 1. The summed E-state index contributed by atoms with van der Waals surface area (Å²) in [5.74, 6) is -1.33. The lowest BCUT2D eigenvalue weighted by atomic mass is 10.1. The van der Waals surface area contributed by atoms with Gasteiger partial charge in [-0.2, -0.15) is 0 Å². The fourth-order valence-corrected chi connectivity index (χ4v) is 3.04. The number of carboxylic acids is 1. The van der Waals surface area contributed by atoms with Gasteiger partial charge in [0.15, 0.2) is 0 Å². The zero-order chi connectivity index (χ0) is 19.6. The molecular weight excluding hydrogens is 352 g/mol. The Kier molecular flexibility index (Phi) is 5.02. The summed E-state index contributed by atoms with van der Waals surface area (Å²) in [5, 5.41) is 20.0. The molecule has 0 atom stereocenters. The van der Waals surface area contributed by atoms with Crippen LogP contribution in [0, 0.1) is 17.0 Å². The van der Waals surface area contributed by atoms with Crippen molar-refractivity contribution in [2.45, 2.75) is 6.92 Å². The lowest BCUT2D eigenvalue weighted by Gasteiger charge is -2.35. The van der Waals surface area contributed by atoms with Gasteiger partial charge in [-0.1, -0.05) is 6.07 Å². The van der Waals surface area contributed by atoms with Crippen molar-refractivity contribution in [3.63, 3.8) is 0 Å². The number of carboxylic acid groups (broad SMARTS) is 1. The number of piperazine rings is 1. The maximum Gasteiger partial charge on any atom is 0.337 e. The summed E-state index contributed by atoms with van der Waals surface area (Å²) in [6.07, 6.45) is 0. The molecule has 0 saturated carbocycles. The third kappa shape index (κ3) is 3.86. The highest BCUT2D eigenvalue weighted by atomic mass is 16.6. The van der Waals surface area contributed by atoms with Crippen LogP contribution >= 0.6 is 0 Å². The highest BCUT2D eigenvalue weighted by Gasteiger charge is 2.24. The minimum Gasteiger partial charge on any atom is -0.478 e. The second-order valence-corrected chi connectivity index (χ2v) is 6.19. The van der Waals surface area contributed by atoms with Gasteiger partial charge in [-0.3, -0.25) is 14.9 Å². The highest BCUT2D eigenvalue weighted by molar-refractivity contribution is 5.94. The Morgan fingerprint density at radius 3 is 2.44 bits per heavy atom. The van der Waals surface area contributed by atoms with Gasteiger partial charge < -0.3 is 14.9 Å². The second kappa shape index (κ2) is 7.40. The van der Waals surface area contributed by atoms with Crippen LogP contribution in [0.3, 0.4) is 0 Å². The molecule has 1 fully saturated rings. The number of hydrogen-bond donors (Lipinski definition) is 1. The van der Waals surface area contributed by atoms with Gasteiger partial charge in [0, 0.05) is 44.0 Å². The van der Waals surface area contributed by atoms with Gasteiger partial charge in [-0.25, -0.2) is 9.78 Å². The number of amides is 1. The molecule has 1 aliphatic heterocycles. The first kappa shape index (κ1) is 18.3. The number of carbonyl (C=O) groups is 2. The van der Waals surface area contributed by atoms with Crippen molar-refractivity contribution in [1.82, 2.24) is 9.88 Å². The molecule has 140 valence electrons. The summed E-state index contributed by atoms with van der Waals surface area (Å²) >= 11 is 0. The quantitative estimate of drug-likeness (QED) is 0.646. The summed E-state index contributed by atoms with van der Waals surface area (Å²) < 4.78 is 0. The molecule has 0 bridgehead atoms. The van der Waals surface area contributed by atoms with Gasteiger partial charge in [0.05, 0.1) is 16.2 Å². The maximum atomic E-state index is 12.6. The lowest BCUT2D eigenvalue weighted by molar-refractivity contribution is -0.384. The fourth-order valence-electron chi connectivity index (χ4n) is 3.04. The van der Waals surface area contributed by atoms with E-state index >= 15 is 0 Å². The van der Waals surface area contributed by atoms with E-state index in [1.54, 1.807) is 24.0 Å². The third-order valence-corrected chi connectivity index (χ3v) is 4.51. The topological polar surface area (TPSA) is 117 Å². The highest BCUT2D eigenvalue weighted by Crippen LogP contribution is 2.22. The maximum absolute atomic E-state index is 12.6. The van der Waals surface area contributed by atoms with E-state index in [-0.39, 0.29) is 22.9 Å². The molecule has 2 aromatic rings. The largest absolute Gasteiger partial charge is 0.478 e. The molecule has 0 radical (unpaired) electrons. The number of nitro groups is 1. The van der Waals surface area contributed by atoms with Gasteiger partial charge in [0.2, 0.25) is 0 Å². The van der Waals surface area contributed by atoms with E-state index in [0.29, 0.717) is 31.9 Å². The average Bonchev–Trinajstić information content (AvgIpc) is 2.67. The van der Waals surface area contributed by atoms with Crippen LogP contribution in [0.5, 0.6) is 0 Å². The number of pyridine rings is 1. The summed E-state index contributed by atoms with van der Waals surface area (Å²) in [6, 6.07) is 9.22. The molecule has 1 amide bonds. The number of aromatic nitrogens is 1. The van der Waals surface area contributed by atoms with E-state index in [1.807, 2.05) is 4.90 Å². The second-order valence-electron chi connectivity index (χ2n) is 6.19. The lowest BCUT2D eigenvalue weighted by Crippen LogP contribution is -2.49. The molecule has 27 heavy (non-hydrogen) atoms. The van der Waals surface area contributed by atoms with Gasteiger partial charge in [-0.05, 0) is 25.1 Å². The van der Waals surface area contributed by atoms with Gasteiger partial charge in [0.25, 0.3) is 11.6 Å². The predicted molar refractivity (Wildman–Crippen MR) is 97.1 cm³/mol. The molecule has 1 aliphatic rings. The Morgan fingerprint density at radius 1 is 1.15 bits per heavy atom. The van der Waals surface area contributed by atoms with Gasteiger partial charge in [0.1, 0.15) is 5.69 Å². The van der Waals surface area contributed by atoms with Crippen LogP contribution in [0.2, 0.25) is 0 Å². The standard InChI is InChI=1S/C18H18N4O5/c1-12-15(18(24)25)5-6-16(19-12)17(23)21-9-7-20(8-10-21)13-3-2-4-14(11-13)22(26)27/h2-6,11H,7-10H2,1H3,(H,24,25). The SMILES string of the molecule is Cc1nc(C(=O)N2CCN(c3cccc([N+](=O)[O-])c3)CC2)ccc1C(=O)O. The minimum atomic E-state index is -1.08. The van der Waals surface area contributed by atoms with Crippen molar-refractivity contribution in [3.05, 3.63) is 63.5 Å². The number of carbonyl (C=O) groups excluding carboxylic acids is 1. The molecule has 0 unspecified atom stereocenters. The first-order valence-electron chi connectivity index (χ1n) is 8.36. The monoisotopic (exact) mass is 370 g/mol. The van der Waals surface area contributed by atoms with E-state index in [9.17, 15) is 19.7 Å². The number of aryl methyl sites for hydroxylation is 1. The molecule has 3 rings (SSSR count). The molecule has 9 nitrogen and oxygen atoms in total. The fraction of sp³-hybridized carbons (Fsp3) is 0.278. The van der Waals surface area contributed by atoms with E-state index < -0.39 is 10.9 Å². The molecule has 0 aliphatic carbocycles. The van der Waals surface area contributed by atoms with Crippen LogP contribution in [0.4, 0.5) is 11.4 Å². The van der Waals surface area contributed by atoms with Crippen LogP contribution in [-0.4, -0.2) is 58.0 Å². The first-order valence-corrected chi connectivity index (χ1v) is 8.36. The van der Waals surface area contributed by atoms with Crippen molar-refractivity contribution in [2.24, 2.45) is 0 Å². The first-order chi connectivity index (χ1) is 12.9. The summed E-state index contributed by atoms with van der Waals surface area (Å²) in [6.45, 7) is 3.53. The third-order valence-electron chi connectivity index (χ3n) is 4.51. The van der Waals surface area contributed by atoms with Crippen molar-refractivity contribution in [3.8, 4) is 0 Å². The number of non-ortho nitro benzene ring substituents is 1. The van der Waals surface area contributed by atoms with Crippen LogP contribution < -0.4 is 4.90 Å². The molecule has 1 aromatic carbocycles. The Morgan fingerprint density at radius 2 is 1.85 bits per heavy atom. The van der Waals surface area contributed by atoms with Gasteiger partial charge >= 0.3 is 5.97 Å². The van der Waals surface area contributed by atoms with E-state index in [1.165, 1.54) is 24.3 Å². The van der Waals surface area contributed by atoms with Crippen molar-refractivity contribution in [2.75, 3.05) is 31.1 Å². The predicted octanol–water partition coefficient (Wildman–Crippen LogP) is 1.96. The number of hydrogen-bond acceptors (Lipinski definition) is 6. The molecule has 1 aromatic heterocycles. The molecule has 9 heteroatoms. The van der Waals surface area contributed by atoms with Crippen molar-refractivity contribution < 1.29 is 19.6 Å². The number of aromatic carboxylic acids is 1. The van der Waals surface area contributed by atoms with Crippen LogP contribution in [-0.2, 0) is 0 Å². The van der Waals surface area contributed by atoms with E-state index in [0.717, 1.165) is 5.69 Å². The van der Waals surface area contributed by atoms with Gasteiger partial charge in [-0.15, -0.1) is 0 Å². The molecule has 2 heterocycles. The number of nitro benzene ring substituents is 1. The summed E-state index contributed by atoms with van der Waals surface area (Å²) in [4.78, 5) is 41.9. The smallest absolute Gasteiger partial charge is 0.337 e. The van der Waals surface area contributed by atoms with Crippen LogP contribution in [0.25, 0.3) is 0 Å². The molecular formula is C18H18N4O5. The Labute approximate surface area is 155 Å². The van der Waals surface area contributed by atoms with E-state index in [2.05, 4.69) is 4.98 Å². The van der Waals surface area contributed by atoms with Crippen molar-refractivity contribution in [1.29, 1.82) is 0 Å². The Balaban J connectivity index is 1.68. The summed E-state index contributed by atoms with van der Waals surface area (Å²) in [7, 11) is 0. The van der Waals surface area contributed by atoms with Crippen molar-refractivity contribution >= 4 is 23.3 Å². The van der Waals surface area contributed by atoms with Crippen LogP contribution in [0.1, 0.15) is 26.5 Å². The average molecular weight is 370 g/mol. The minimum absolute atomic E-state index is 0.0317. The molecule has 1 N–H and O–H groups in total. The normalized spacial score (nSPS) is 14.1. The molecule has 0 spiro atoms. The Bertz CT molecular complexity index is 906. The number of nitrogens with zero attached hydrogens (tertiary/aromatic N) is 4. The number of anilines is 1. The Hall–Kier alpha value is -3.49.